The number of nitriles is 1. The molecule has 3 heteroatoms. The molecule has 0 aliphatic rings. The van der Waals surface area contributed by atoms with E-state index >= 15 is 0 Å². The van der Waals surface area contributed by atoms with E-state index in [0.717, 1.165) is 27.9 Å². The molecule has 6 aromatic rings. The molecule has 0 saturated heterocycles. The summed E-state index contributed by atoms with van der Waals surface area (Å²) in [4.78, 5) is 4.18. The van der Waals surface area contributed by atoms with E-state index in [-0.39, 0.29) is 0 Å². The number of aryl methyl sites for hydroxylation is 2. The largest absolute Gasteiger partial charge is 0.308 e. The highest BCUT2D eigenvalue weighted by Gasteiger charge is 2.20. The first-order valence-electron chi connectivity index (χ1n) is 11.7. The normalized spacial score (nSPS) is 11.1. The number of nitrogens with zero attached hydrogens (tertiary/aromatic N) is 3. The molecule has 0 radical (unpaired) electrons. The molecule has 0 aliphatic heterocycles. The Hall–Kier alpha value is -4.68. The van der Waals surface area contributed by atoms with Crippen LogP contribution in [0.25, 0.3) is 49.7 Å². The monoisotopic (exact) mass is 449 g/mol. The Morgan fingerprint density at radius 3 is 1.86 bits per heavy atom. The third-order valence-corrected chi connectivity index (χ3v) is 6.79. The average Bonchev–Trinajstić information content (AvgIpc) is 3.26. The van der Waals surface area contributed by atoms with Gasteiger partial charge in [0.1, 0.15) is 0 Å². The zero-order chi connectivity index (χ0) is 23.9. The van der Waals surface area contributed by atoms with Crippen LogP contribution in [0.15, 0.2) is 103 Å². The molecule has 166 valence electrons. The maximum atomic E-state index is 10.1. The van der Waals surface area contributed by atoms with Crippen LogP contribution < -0.4 is 0 Å². The van der Waals surface area contributed by atoms with Crippen molar-refractivity contribution in [3.63, 3.8) is 0 Å². The number of hydrogen-bond donors (Lipinski definition) is 0. The number of rotatable bonds is 3. The molecular weight excluding hydrogens is 426 g/mol. The van der Waals surface area contributed by atoms with Crippen molar-refractivity contribution < 1.29 is 0 Å². The maximum absolute atomic E-state index is 10.1. The standard InChI is InChI=1S/C32H23N3/c1-21-8-6-12-26-27-13-7-9-22(2)32(27)35(31(21)26)30-19-28(24-14-16-34-17-15-24)25(20-33)18-29(30)23-10-4-3-5-11-23/h3-19H,1-2H3. The Morgan fingerprint density at radius 2 is 1.26 bits per heavy atom. The SMILES string of the molecule is Cc1cccc2c3cccc(C)c3n(-c3cc(-c4ccncc4)c(C#N)cc3-c3ccccc3)c12. The predicted molar refractivity (Wildman–Crippen MR) is 144 cm³/mol. The van der Waals surface area contributed by atoms with E-state index < -0.39 is 0 Å². The van der Waals surface area contributed by atoms with Gasteiger partial charge >= 0.3 is 0 Å². The highest BCUT2D eigenvalue weighted by molar-refractivity contribution is 6.11. The van der Waals surface area contributed by atoms with Crippen LogP contribution >= 0.6 is 0 Å². The number of fused-ring (bicyclic) bond motifs is 3. The Labute approximate surface area is 204 Å². The van der Waals surface area contributed by atoms with Gasteiger partial charge in [0.15, 0.2) is 0 Å². The quantitative estimate of drug-likeness (QED) is 0.275. The molecule has 4 aromatic carbocycles. The molecular formula is C32H23N3. The van der Waals surface area contributed by atoms with Gasteiger partial charge in [-0.2, -0.15) is 5.26 Å². The van der Waals surface area contributed by atoms with Crippen molar-refractivity contribution in [2.75, 3.05) is 0 Å². The number of para-hydroxylation sites is 2. The molecule has 0 unspecified atom stereocenters. The van der Waals surface area contributed by atoms with Gasteiger partial charge in [-0.05, 0) is 60.4 Å². The van der Waals surface area contributed by atoms with Crippen molar-refractivity contribution in [1.82, 2.24) is 9.55 Å². The Balaban J connectivity index is 1.83. The second kappa shape index (κ2) is 8.27. The number of aromatic nitrogens is 2. The van der Waals surface area contributed by atoms with Gasteiger partial charge in [0.25, 0.3) is 0 Å². The van der Waals surface area contributed by atoms with Gasteiger partial charge in [0, 0.05) is 34.3 Å². The fourth-order valence-electron chi connectivity index (χ4n) is 5.18. The maximum Gasteiger partial charge on any atom is 0.0998 e. The van der Waals surface area contributed by atoms with Crippen LogP contribution in [0.3, 0.4) is 0 Å². The van der Waals surface area contributed by atoms with Crippen LogP contribution in [0.1, 0.15) is 16.7 Å². The lowest BCUT2D eigenvalue weighted by molar-refractivity contribution is 1.16. The molecule has 3 nitrogen and oxygen atoms in total. The van der Waals surface area contributed by atoms with Crippen LogP contribution in [-0.2, 0) is 0 Å². The molecule has 0 bridgehead atoms. The molecule has 2 aromatic heterocycles. The molecule has 0 aliphatic carbocycles. The second-order valence-electron chi connectivity index (χ2n) is 8.91. The summed E-state index contributed by atoms with van der Waals surface area (Å²) in [5, 5.41) is 12.6. The van der Waals surface area contributed by atoms with E-state index in [1.54, 1.807) is 12.4 Å². The molecule has 0 spiro atoms. The van der Waals surface area contributed by atoms with Crippen molar-refractivity contribution in [2.24, 2.45) is 0 Å². The van der Waals surface area contributed by atoms with Crippen LogP contribution in [0.2, 0.25) is 0 Å². The third-order valence-electron chi connectivity index (χ3n) is 6.79. The Kier molecular flexibility index (Phi) is 4.94. The summed E-state index contributed by atoms with van der Waals surface area (Å²) < 4.78 is 2.39. The van der Waals surface area contributed by atoms with Crippen molar-refractivity contribution in [2.45, 2.75) is 13.8 Å². The fourth-order valence-corrected chi connectivity index (χ4v) is 5.18. The summed E-state index contributed by atoms with van der Waals surface area (Å²) in [6.45, 7) is 4.34. The van der Waals surface area contributed by atoms with Gasteiger partial charge < -0.3 is 4.57 Å². The summed E-state index contributed by atoms with van der Waals surface area (Å²) in [7, 11) is 0. The van der Waals surface area contributed by atoms with E-state index in [1.165, 1.54) is 32.9 Å². The lowest BCUT2D eigenvalue weighted by Crippen LogP contribution is -2.02. The number of benzene rings is 4. The van der Waals surface area contributed by atoms with Gasteiger partial charge in [-0.15, -0.1) is 0 Å². The van der Waals surface area contributed by atoms with Crippen LogP contribution in [0.5, 0.6) is 0 Å². The lowest BCUT2D eigenvalue weighted by Gasteiger charge is -2.18. The first-order chi connectivity index (χ1) is 17.2. The minimum atomic E-state index is 0.646. The van der Waals surface area contributed by atoms with Gasteiger partial charge in [-0.3, -0.25) is 4.98 Å². The molecule has 35 heavy (non-hydrogen) atoms. The zero-order valence-corrected chi connectivity index (χ0v) is 19.7. The number of hydrogen-bond acceptors (Lipinski definition) is 2. The molecule has 2 heterocycles. The van der Waals surface area contributed by atoms with E-state index in [2.05, 4.69) is 84.1 Å². The Bertz CT molecular complexity index is 1700. The summed E-state index contributed by atoms with van der Waals surface area (Å²) >= 11 is 0. The molecule has 0 amide bonds. The molecule has 0 fully saturated rings. The molecule has 0 atom stereocenters. The second-order valence-corrected chi connectivity index (χ2v) is 8.91. The first kappa shape index (κ1) is 20.9. The van der Waals surface area contributed by atoms with E-state index in [4.69, 9.17) is 0 Å². The van der Waals surface area contributed by atoms with Crippen LogP contribution in [-0.4, -0.2) is 9.55 Å². The van der Waals surface area contributed by atoms with Crippen molar-refractivity contribution in [3.8, 4) is 34.0 Å². The molecule has 0 saturated carbocycles. The minimum Gasteiger partial charge on any atom is -0.308 e. The summed E-state index contributed by atoms with van der Waals surface area (Å²) in [6.07, 6.45) is 3.55. The number of pyridine rings is 1. The van der Waals surface area contributed by atoms with Crippen LogP contribution in [0.4, 0.5) is 0 Å². The highest BCUT2D eigenvalue weighted by atomic mass is 15.0. The summed E-state index contributed by atoms with van der Waals surface area (Å²) in [5.74, 6) is 0. The van der Waals surface area contributed by atoms with Crippen molar-refractivity contribution in [3.05, 3.63) is 120 Å². The lowest BCUT2D eigenvalue weighted by atomic mass is 9.93. The predicted octanol–water partition coefficient (Wildman–Crippen LogP) is 8.00. The first-order valence-corrected chi connectivity index (χ1v) is 11.7. The van der Waals surface area contributed by atoms with Gasteiger partial charge in [-0.25, -0.2) is 0 Å². The van der Waals surface area contributed by atoms with Gasteiger partial charge in [0.2, 0.25) is 0 Å². The van der Waals surface area contributed by atoms with Crippen molar-refractivity contribution >= 4 is 21.8 Å². The van der Waals surface area contributed by atoms with Gasteiger partial charge in [0.05, 0.1) is 28.4 Å². The highest BCUT2D eigenvalue weighted by Crippen LogP contribution is 2.41. The Morgan fingerprint density at radius 1 is 0.657 bits per heavy atom. The minimum absolute atomic E-state index is 0.646. The fraction of sp³-hybridized carbons (Fsp3) is 0.0625. The topological polar surface area (TPSA) is 41.6 Å². The van der Waals surface area contributed by atoms with Crippen LogP contribution in [0, 0.1) is 25.2 Å². The van der Waals surface area contributed by atoms with E-state index in [9.17, 15) is 5.26 Å². The smallest absolute Gasteiger partial charge is 0.0998 e. The van der Waals surface area contributed by atoms with Crippen molar-refractivity contribution in [1.29, 1.82) is 5.26 Å². The summed E-state index contributed by atoms with van der Waals surface area (Å²) in [5.41, 5.74) is 10.5. The average molecular weight is 450 g/mol. The van der Waals surface area contributed by atoms with E-state index in [1.807, 2.05) is 36.4 Å². The molecule has 0 N–H and O–H groups in total. The summed E-state index contributed by atoms with van der Waals surface area (Å²) in [6, 6.07) is 33.9. The molecule has 6 rings (SSSR count). The third kappa shape index (κ3) is 3.31. The zero-order valence-electron chi connectivity index (χ0n) is 19.7. The van der Waals surface area contributed by atoms with Gasteiger partial charge in [-0.1, -0.05) is 66.7 Å². The van der Waals surface area contributed by atoms with E-state index in [0.29, 0.717) is 5.56 Å².